The van der Waals surface area contributed by atoms with Crippen LogP contribution in [-0.2, 0) is 11.2 Å². The summed E-state index contributed by atoms with van der Waals surface area (Å²) >= 11 is 0. The Labute approximate surface area is 214 Å². The summed E-state index contributed by atoms with van der Waals surface area (Å²) in [7, 11) is 0. The summed E-state index contributed by atoms with van der Waals surface area (Å²) in [5.74, 6) is 0.413. The van der Waals surface area contributed by atoms with Crippen molar-refractivity contribution in [2.75, 3.05) is 39.4 Å². The van der Waals surface area contributed by atoms with E-state index in [9.17, 15) is 5.11 Å². The smallest absolute Gasteiger partial charge is 0.159 e. The first-order chi connectivity index (χ1) is 18.1. The molecule has 2 aliphatic rings. The van der Waals surface area contributed by atoms with Crippen molar-refractivity contribution in [3.8, 4) is 28.4 Å². The summed E-state index contributed by atoms with van der Waals surface area (Å²) in [4.78, 5) is 10.5. The fourth-order valence-electron chi connectivity index (χ4n) is 5.39. The summed E-state index contributed by atoms with van der Waals surface area (Å²) in [5.41, 5.74) is 5.20. The summed E-state index contributed by atoms with van der Waals surface area (Å²) < 4.78 is 21.2. The van der Waals surface area contributed by atoms with Crippen molar-refractivity contribution in [1.82, 2.24) is 30.4 Å². The van der Waals surface area contributed by atoms with E-state index in [1.54, 1.807) is 24.3 Å². The molecule has 1 fully saturated rings. The minimum Gasteiger partial charge on any atom is -0.508 e. The van der Waals surface area contributed by atoms with Gasteiger partial charge >= 0.3 is 0 Å². The highest BCUT2D eigenvalue weighted by Gasteiger charge is 2.22. The van der Waals surface area contributed by atoms with Gasteiger partial charge in [0.25, 0.3) is 0 Å². The van der Waals surface area contributed by atoms with Gasteiger partial charge in [-0.1, -0.05) is 25.1 Å². The third kappa shape index (κ3) is 4.66. The van der Waals surface area contributed by atoms with Crippen molar-refractivity contribution in [3.05, 3.63) is 59.7 Å². The molecule has 192 valence electrons. The van der Waals surface area contributed by atoms with Crippen molar-refractivity contribution >= 4 is 16.5 Å². The second-order valence-corrected chi connectivity index (χ2v) is 9.74. The number of H-pyrrole nitrogens is 2. The highest BCUT2D eigenvalue weighted by molar-refractivity contribution is 5.95. The standard InChI is InChI=1S/C28H31FN6O2/c1-2-17-12-20(36)5-6-21(17)22-7-8-23-26(25(22)29)33-34-27(23)28-31-13-24(32-28)18-4-3-10-35(14-18)15-19-16-37-11-9-30-19/h4-8,12-13,19,30,36H,2-3,9-11,14-16H2,1H3,(H,31,32)(H,33,34)/t19-/m1/s1. The Morgan fingerprint density at radius 3 is 2.95 bits per heavy atom. The Hall–Kier alpha value is -3.53. The number of phenols is 1. The molecule has 4 heterocycles. The molecule has 1 saturated heterocycles. The number of nitrogens with one attached hydrogen (secondary N) is 3. The van der Waals surface area contributed by atoms with Crippen molar-refractivity contribution in [2.24, 2.45) is 0 Å². The number of phenolic OH excluding ortho intramolecular Hbond substituents is 1. The van der Waals surface area contributed by atoms with Gasteiger partial charge in [0.05, 0.1) is 25.1 Å². The molecule has 2 aromatic heterocycles. The maximum atomic E-state index is 15.6. The zero-order chi connectivity index (χ0) is 25.4. The minimum absolute atomic E-state index is 0.175. The number of imidazole rings is 1. The van der Waals surface area contributed by atoms with E-state index in [2.05, 4.69) is 36.5 Å². The number of aryl methyl sites for hydroxylation is 1. The first-order valence-corrected chi connectivity index (χ1v) is 12.9. The Morgan fingerprint density at radius 2 is 2.11 bits per heavy atom. The van der Waals surface area contributed by atoms with Crippen LogP contribution in [0, 0.1) is 5.82 Å². The van der Waals surface area contributed by atoms with Crippen LogP contribution in [-0.4, -0.2) is 75.6 Å². The Bertz CT molecular complexity index is 1450. The molecule has 1 atom stereocenters. The number of rotatable bonds is 6. The van der Waals surface area contributed by atoms with Crippen LogP contribution in [0.15, 0.2) is 42.6 Å². The summed E-state index contributed by atoms with van der Waals surface area (Å²) in [6, 6.07) is 9.03. The predicted octanol–water partition coefficient (Wildman–Crippen LogP) is 4.10. The molecule has 2 aromatic carbocycles. The summed E-state index contributed by atoms with van der Waals surface area (Å²) in [6.07, 6.45) is 5.77. The molecular weight excluding hydrogens is 471 g/mol. The molecule has 0 aliphatic carbocycles. The zero-order valence-corrected chi connectivity index (χ0v) is 20.9. The molecule has 8 nitrogen and oxygen atoms in total. The molecule has 0 amide bonds. The van der Waals surface area contributed by atoms with Gasteiger partial charge in [0.2, 0.25) is 0 Å². The first kappa shape index (κ1) is 23.8. The largest absolute Gasteiger partial charge is 0.508 e. The molecule has 0 saturated carbocycles. The number of fused-ring (bicyclic) bond motifs is 1. The van der Waals surface area contributed by atoms with Gasteiger partial charge in [-0.2, -0.15) is 5.10 Å². The van der Waals surface area contributed by atoms with Gasteiger partial charge in [-0.25, -0.2) is 9.37 Å². The van der Waals surface area contributed by atoms with E-state index in [0.717, 1.165) is 62.6 Å². The number of morpholine rings is 1. The van der Waals surface area contributed by atoms with Crippen molar-refractivity contribution in [2.45, 2.75) is 25.8 Å². The lowest BCUT2D eigenvalue weighted by Crippen LogP contribution is -2.49. The van der Waals surface area contributed by atoms with E-state index in [1.807, 2.05) is 19.2 Å². The third-order valence-corrected chi connectivity index (χ3v) is 7.29. The predicted molar refractivity (Wildman–Crippen MR) is 142 cm³/mol. The number of aromatic hydroxyl groups is 1. The lowest BCUT2D eigenvalue weighted by Gasteiger charge is -2.32. The van der Waals surface area contributed by atoms with Gasteiger partial charge in [0.15, 0.2) is 11.6 Å². The van der Waals surface area contributed by atoms with Crippen molar-refractivity contribution in [1.29, 1.82) is 0 Å². The van der Waals surface area contributed by atoms with Crippen molar-refractivity contribution < 1.29 is 14.2 Å². The van der Waals surface area contributed by atoms with E-state index >= 15 is 4.39 Å². The molecule has 0 spiro atoms. The van der Waals surface area contributed by atoms with Crippen LogP contribution in [0.5, 0.6) is 5.75 Å². The molecular formula is C28H31FN6O2. The quantitative estimate of drug-likeness (QED) is 0.317. The normalized spacial score (nSPS) is 18.9. The van der Waals surface area contributed by atoms with Crippen LogP contribution in [0.3, 0.4) is 0 Å². The zero-order valence-electron chi connectivity index (χ0n) is 20.9. The maximum Gasteiger partial charge on any atom is 0.159 e. The number of hydrogen-bond acceptors (Lipinski definition) is 6. The second kappa shape index (κ2) is 10.1. The Balaban J connectivity index is 1.25. The van der Waals surface area contributed by atoms with Gasteiger partial charge < -0.3 is 20.1 Å². The number of halogens is 1. The van der Waals surface area contributed by atoms with Crippen LogP contribution < -0.4 is 5.32 Å². The van der Waals surface area contributed by atoms with Crippen LogP contribution in [0.2, 0.25) is 0 Å². The Morgan fingerprint density at radius 1 is 1.22 bits per heavy atom. The SMILES string of the molecule is CCc1cc(O)ccc1-c1ccc2c(-c3ncc(C4=CCCN(C[C@@H]5COCCN5)C4)[nH]3)[nH]nc2c1F. The Kier molecular flexibility index (Phi) is 6.50. The van der Waals surface area contributed by atoms with E-state index in [-0.39, 0.29) is 11.3 Å². The molecule has 4 aromatic rings. The number of ether oxygens (including phenoxy) is 1. The van der Waals surface area contributed by atoms with E-state index in [0.29, 0.717) is 34.9 Å². The third-order valence-electron chi connectivity index (χ3n) is 7.29. The van der Waals surface area contributed by atoms with Gasteiger partial charge in [0, 0.05) is 43.2 Å². The summed E-state index contributed by atoms with van der Waals surface area (Å²) in [6.45, 7) is 7.23. The number of benzene rings is 2. The monoisotopic (exact) mass is 502 g/mol. The van der Waals surface area contributed by atoms with E-state index in [4.69, 9.17) is 4.74 Å². The lowest BCUT2D eigenvalue weighted by atomic mass is 9.96. The number of hydrogen-bond donors (Lipinski definition) is 4. The highest BCUT2D eigenvalue weighted by Crippen LogP contribution is 2.35. The molecule has 2 aliphatic heterocycles. The van der Waals surface area contributed by atoms with Crippen LogP contribution in [0.25, 0.3) is 39.1 Å². The fourth-order valence-corrected chi connectivity index (χ4v) is 5.39. The number of aromatic nitrogens is 4. The maximum absolute atomic E-state index is 15.6. The summed E-state index contributed by atoms with van der Waals surface area (Å²) in [5, 5.41) is 21.3. The topological polar surface area (TPSA) is 102 Å². The molecule has 0 bridgehead atoms. The van der Waals surface area contributed by atoms with Crippen LogP contribution in [0.1, 0.15) is 24.6 Å². The van der Waals surface area contributed by atoms with Gasteiger partial charge in [-0.3, -0.25) is 10.00 Å². The van der Waals surface area contributed by atoms with Crippen LogP contribution >= 0.6 is 0 Å². The molecule has 0 unspecified atom stereocenters. The van der Waals surface area contributed by atoms with Crippen molar-refractivity contribution in [3.63, 3.8) is 0 Å². The highest BCUT2D eigenvalue weighted by atomic mass is 19.1. The fraction of sp³-hybridized carbons (Fsp3) is 0.357. The van der Waals surface area contributed by atoms with Gasteiger partial charge in [-0.05, 0) is 47.7 Å². The van der Waals surface area contributed by atoms with Gasteiger partial charge in [0.1, 0.15) is 17.0 Å². The number of aromatic amines is 2. The van der Waals surface area contributed by atoms with E-state index in [1.165, 1.54) is 5.57 Å². The minimum atomic E-state index is -0.391. The second-order valence-electron chi connectivity index (χ2n) is 9.74. The first-order valence-electron chi connectivity index (χ1n) is 12.9. The average molecular weight is 503 g/mol. The molecule has 9 heteroatoms. The van der Waals surface area contributed by atoms with Gasteiger partial charge in [-0.15, -0.1) is 0 Å². The van der Waals surface area contributed by atoms with E-state index < -0.39 is 5.82 Å². The molecule has 0 radical (unpaired) electrons. The van der Waals surface area contributed by atoms with Crippen LogP contribution in [0.4, 0.5) is 4.39 Å². The molecule has 6 rings (SSSR count). The molecule has 37 heavy (non-hydrogen) atoms. The average Bonchev–Trinajstić information content (AvgIpc) is 3.58. The molecule has 4 N–H and O–H groups in total. The number of nitrogens with zero attached hydrogens (tertiary/aromatic N) is 3. The lowest BCUT2D eigenvalue weighted by molar-refractivity contribution is 0.0635.